The van der Waals surface area contributed by atoms with Gasteiger partial charge < -0.3 is 5.32 Å². The van der Waals surface area contributed by atoms with E-state index in [0.717, 1.165) is 17.9 Å². The molecule has 0 aliphatic heterocycles. The summed E-state index contributed by atoms with van der Waals surface area (Å²) in [5.41, 5.74) is 3.18. The van der Waals surface area contributed by atoms with Crippen molar-refractivity contribution >= 4 is 5.69 Å². The molecule has 21 heavy (non-hydrogen) atoms. The Bertz CT molecular complexity index is 683. The third kappa shape index (κ3) is 2.94. The molecule has 2 aromatic heterocycles. The average molecular weight is 282 g/mol. The van der Waals surface area contributed by atoms with Crippen molar-refractivity contribution in [3.63, 3.8) is 0 Å². The Morgan fingerprint density at radius 1 is 1.10 bits per heavy atom. The molecule has 3 aromatic rings. The summed E-state index contributed by atoms with van der Waals surface area (Å²) in [7, 11) is 0. The minimum atomic E-state index is 0.207. The standard InChI is InChI=1S/C15H18N6/c1-3-20-11-13(10-18-20)12(2)19-14-4-6-15(7-5-14)21-16-8-9-17-21/h4-12,19H,3H2,1-2H3. The van der Waals surface area contributed by atoms with Crippen LogP contribution in [0.2, 0.25) is 0 Å². The van der Waals surface area contributed by atoms with Gasteiger partial charge in [-0.3, -0.25) is 4.68 Å². The first kappa shape index (κ1) is 13.4. The molecule has 0 spiro atoms. The van der Waals surface area contributed by atoms with Crippen LogP contribution in [-0.4, -0.2) is 24.8 Å². The lowest BCUT2D eigenvalue weighted by molar-refractivity contribution is 0.658. The Labute approximate surface area is 123 Å². The van der Waals surface area contributed by atoms with Gasteiger partial charge >= 0.3 is 0 Å². The SMILES string of the molecule is CCn1cc(C(C)Nc2ccc(-n3nccn3)cc2)cn1. The molecular weight excluding hydrogens is 264 g/mol. The molecule has 1 N–H and O–H groups in total. The van der Waals surface area contributed by atoms with Gasteiger partial charge in [-0.2, -0.15) is 20.1 Å². The first-order valence-corrected chi connectivity index (χ1v) is 7.02. The number of hydrogen-bond donors (Lipinski definition) is 1. The van der Waals surface area contributed by atoms with Gasteiger partial charge in [-0.15, -0.1) is 0 Å². The normalized spacial score (nSPS) is 12.3. The lowest BCUT2D eigenvalue weighted by Crippen LogP contribution is -2.06. The van der Waals surface area contributed by atoms with E-state index >= 15 is 0 Å². The van der Waals surface area contributed by atoms with E-state index in [-0.39, 0.29) is 6.04 Å². The summed E-state index contributed by atoms with van der Waals surface area (Å²) in [6, 6.07) is 8.24. The molecule has 1 aromatic carbocycles. The molecule has 0 saturated heterocycles. The van der Waals surface area contributed by atoms with E-state index in [1.165, 1.54) is 5.56 Å². The summed E-state index contributed by atoms with van der Waals surface area (Å²) < 4.78 is 1.93. The Kier molecular flexibility index (Phi) is 3.68. The fourth-order valence-corrected chi connectivity index (χ4v) is 2.15. The van der Waals surface area contributed by atoms with Crippen molar-refractivity contribution in [3.8, 4) is 5.69 Å². The van der Waals surface area contributed by atoms with Crippen molar-refractivity contribution in [2.75, 3.05) is 5.32 Å². The Hall–Kier alpha value is -2.63. The Morgan fingerprint density at radius 2 is 1.81 bits per heavy atom. The second kappa shape index (κ2) is 5.78. The van der Waals surface area contributed by atoms with E-state index < -0.39 is 0 Å². The molecule has 1 unspecified atom stereocenters. The first-order valence-electron chi connectivity index (χ1n) is 7.02. The van der Waals surface area contributed by atoms with Crippen molar-refractivity contribution in [1.29, 1.82) is 0 Å². The maximum atomic E-state index is 4.30. The monoisotopic (exact) mass is 282 g/mol. The summed E-state index contributed by atoms with van der Waals surface area (Å²) in [4.78, 5) is 1.60. The maximum Gasteiger partial charge on any atom is 0.0858 e. The molecule has 2 heterocycles. The number of hydrogen-bond acceptors (Lipinski definition) is 4. The van der Waals surface area contributed by atoms with Crippen molar-refractivity contribution in [1.82, 2.24) is 24.8 Å². The van der Waals surface area contributed by atoms with E-state index in [1.807, 2.05) is 35.1 Å². The van der Waals surface area contributed by atoms with E-state index in [2.05, 4.69) is 40.7 Å². The zero-order valence-electron chi connectivity index (χ0n) is 12.1. The molecule has 6 nitrogen and oxygen atoms in total. The second-order valence-corrected chi connectivity index (χ2v) is 4.86. The van der Waals surface area contributed by atoms with Gasteiger partial charge in [0.25, 0.3) is 0 Å². The van der Waals surface area contributed by atoms with Gasteiger partial charge in [0.1, 0.15) is 0 Å². The number of anilines is 1. The fraction of sp³-hybridized carbons (Fsp3) is 0.267. The highest BCUT2D eigenvalue weighted by Gasteiger charge is 2.08. The van der Waals surface area contributed by atoms with Gasteiger partial charge in [-0.05, 0) is 38.1 Å². The zero-order chi connectivity index (χ0) is 14.7. The first-order chi connectivity index (χ1) is 10.3. The number of aromatic nitrogens is 5. The predicted octanol–water partition coefficient (Wildman–Crippen LogP) is 2.66. The lowest BCUT2D eigenvalue weighted by atomic mass is 10.2. The average Bonchev–Trinajstić information content (AvgIpc) is 3.19. The minimum absolute atomic E-state index is 0.207. The zero-order valence-corrected chi connectivity index (χ0v) is 12.1. The quantitative estimate of drug-likeness (QED) is 0.781. The summed E-state index contributed by atoms with van der Waals surface area (Å²) in [6.45, 7) is 5.09. The van der Waals surface area contributed by atoms with Crippen LogP contribution in [-0.2, 0) is 6.54 Å². The van der Waals surface area contributed by atoms with E-state index in [9.17, 15) is 0 Å². The van der Waals surface area contributed by atoms with Crippen LogP contribution >= 0.6 is 0 Å². The van der Waals surface area contributed by atoms with Gasteiger partial charge in [0.2, 0.25) is 0 Å². The maximum absolute atomic E-state index is 4.30. The number of nitrogens with one attached hydrogen (secondary N) is 1. The highest BCUT2D eigenvalue weighted by Crippen LogP contribution is 2.19. The minimum Gasteiger partial charge on any atom is -0.378 e. The predicted molar refractivity (Wildman–Crippen MR) is 81.3 cm³/mol. The van der Waals surface area contributed by atoms with E-state index in [1.54, 1.807) is 17.2 Å². The van der Waals surface area contributed by atoms with Crippen LogP contribution in [0.1, 0.15) is 25.5 Å². The van der Waals surface area contributed by atoms with Crippen molar-refractivity contribution < 1.29 is 0 Å². The van der Waals surface area contributed by atoms with Crippen LogP contribution in [0.3, 0.4) is 0 Å². The highest BCUT2D eigenvalue weighted by molar-refractivity contribution is 5.49. The van der Waals surface area contributed by atoms with Crippen LogP contribution in [0.4, 0.5) is 5.69 Å². The Balaban J connectivity index is 1.70. The van der Waals surface area contributed by atoms with Gasteiger partial charge in [0, 0.05) is 24.0 Å². The largest absolute Gasteiger partial charge is 0.378 e. The molecule has 108 valence electrons. The van der Waals surface area contributed by atoms with Crippen LogP contribution in [0.5, 0.6) is 0 Å². The third-order valence-electron chi connectivity index (χ3n) is 3.38. The van der Waals surface area contributed by atoms with E-state index in [0.29, 0.717) is 0 Å². The molecule has 1 atom stereocenters. The summed E-state index contributed by atoms with van der Waals surface area (Å²) in [5.74, 6) is 0. The number of benzene rings is 1. The van der Waals surface area contributed by atoms with Crippen LogP contribution in [0, 0.1) is 0 Å². The van der Waals surface area contributed by atoms with Crippen LogP contribution < -0.4 is 5.32 Å². The number of nitrogens with zero attached hydrogens (tertiary/aromatic N) is 5. The topological polar surface area (TPSA) is 60.6 Å². The molecule has 0 bridgehead atoms. The number of rotatable bonds is 5. The van der Waals surface area contributed by atoms with Crippen molar-refractivity contribution in [2.24, 2.45) is 0 Å². The van der Waals surface area contributed by atoms with Gasteiger partial charge in [-0.1, -0.05) is 0 Å². The summed E-state index contributed by atoms with van der Waals surface area (Å²) >= 11 is 0. The summed E-state index contributed by atoms with van der Waals surface area (Å²) in [5, 5.41) is 16.0. The molecule has 0 saturated carbocycles. The molecule has 6 heteroatoms. The molecule has 0 aliphatic carbocycles. The molecule has 0 aliphatic rings. The molecule has 0 amide bonds. The van der Waals surface area contributed by atoms with Crippen LogP contribution in [0.25, 0.3) is 5.69 Å². The van der Waals surface area contributed by atoms with Gasteiger partial charge in [-0.25, -0.2) is 0 Å². The Morgan fingerprint density at radius 3 is 2.43 bits per heavy atom. The number of aryl methyl sites for hydroxylation is 1. The molecule has 3 rings (SSSR count). The fourth-order valence-electron chi connectivity index (χ4n) is 2.15. The van der Waals surface area contributed by atoms with Crippen molar-refractivity contribution in [3.05, 3.63) is 54.6 Å². The molecule has 0 radical (unpaired) electrons. The smallest absolute Gasteiger partial charge is 0.0858 e. The second-order valence-electron chi connectivity index (χ2n) is 4.86. The molecular formula is C15H18N6. The summed E-state index contributed by atoms with van der Waals surface area (Å²) in [6.07, 6.45) is 7.31. The third-order valence-corrected chi connectivity index (χ3v) is 3.38. The lowest BCUT2D eigenvalue weighted by Gasteiger charge is -2.14. The van der Waals surface area contributed by atoms with Gasteiger partial charge in [0.15, 0.2) is 0 Å². The highest BCUT2D eigenvalue weighted by atomic mass is 15.5. The van der Waals surface area contributed by atoms with Gasteiger partial charge in [0.05, 0.1) is 30.3 Å². The molecule has 0 fully saturated rings. The van der Waals surface area contributed by atoms with Crippen LogP contribution in [0.15, 0.2) is 49.1 Å². The van der Waals surface area contributed by atoms with E-state index in [4.69, 9.17) is 0 Å². The van der Waals surface area contributed by atoms with Crippen molar-refractivity contribution in [2.45, 2.75) is 26.4 Å².